The van der Waals surface area contributed by atoms with Gasteiger partial charge >= 0.3 is 0 Å². The molecule has 110 valence electrons. The number of Topliss-reactive ketones (excluding diaryl/α,β-unsaturated/α-hetero) is 1. The predicted octanol–water partition coefficient (Wildman–Crippen LogP) is 3.66. The van der Waals surface area contributed by atoms with E-state index in [1.165, 1.54) is 30.5 Å². The number of carbonyl (C=O) groups excluding carboxylic acids is 1. The van der Waals surface area contributed by atoms with Crippen molar-refractivity contribution >= 4 is 17.1 Å². The lowest BCUT2D eigenvalue weighted by Crippen LogP contribution is -2.32. The number of benzene rings is 1. The molecule has 0 radical (unpaired) electrons. The molecule has 0 bridgehead atoms. The number of rotatable bonds is 7. The van der Waals surface area contributed by atoms with Gasteiger partial charge < -0.3 is 0 Å². The van der Waals surface area contributed by atoms with Gasteiger partial charge in [0.2, 0.25) is 0 Å². The van der Waals surface area contributed by atoms with Crippen LogP contribution >= 0.6 is 11.3 Å². The SMILES string of the molecule is O=C(Cc1ccc(F)cc1)CN(Cc1ccsc1)C1CC1. The van der Waals surface area contributed by atoms with Crippen molar-refractivity contribution in [2.75, 3.05) is 6.54 Å². The van der Waals surface area contributed by atoms with Crippen molar-refractivity contribution < 1.29 is 9.18 Å². The highest BCUT2D eigenvalue weighted by atomic mass is 32.1. The molecule has 0 saturated heterocycles. The van der Waals surface area contributed by atoms with Crippen molar-refractivity contribution in [1.29, 1.82) is 0 Å². The Morgan fingerprint density at radius 2 is 1.95 bits per heavy atom. The summed E-state index contributed by atoms with van der Waals surface area (Å²) in [6, 6.07) is 8.87. The van der Waals surface area contributed by atoms with Gasteiger partial charge in [0.05, 0.1) is 6.54 Å². The number of nitrogens with zero attached hydrogens (tertiary/aromatic N) is 1. The van der Waals surface area contributed by atoms with Crippen molar-refractivity contribution in [1.82, 2.24) is 4.90 Å². The Labute approximate surface area is 128 Å². The molecule has 0 N–H and O–H groups in total. The predicted molar refractivity (Wildman–Crippen MR) is 82.9 cm³/mol. The van der Waals surface area contributed by atoms with Crippen LogP contribution in [0.3, 0.4) is 0 Å². The number of thiophene rings is 1. The van der Waals surface area contributed by atoms with Gasteiger partial charge in [-0.15, -0.1) is 0 Å². The highest BCUT2D eigenvalue weighted by molar-refractivity contribution is 7.07. The van der Waals surface area contributed by atoms with Crippen LogP contribution in [0.2, 0.25) is 0 Å². The first-order chi connectivity index (χ1) is 10.2. The fourth-order valence-corrected chi connectivity index (χ4v) is 3.14. The Morgan fingerprint density at radius 3 is 2.57 bits per heavy atom. The lowest BCUT2D eigenvalue weighted by atomic mass is 10.1. The van der Waals surface area contributed by atoms with E-state index in [0.29, 0.717) is 19.0 Å². The molecule has 1 aliphatic carbocycles. The Hall–Kier alpha value is -1.52. The molecule has 1 heterocycles. The standard InChI is InChI=1S/C17H18FNOS/c18-15-3-1-13(2-4-15)9-17(20)11-19(16-5-6-16)10-14-7-8-21-12-14/h1-4,7-8,12,16H,5-6,9-11H2. The number of hydrogen-bond donors (Lipinski definition) is 0. The van der Waals surface area contributed by atoms with Crippen LogP contribution < -0.4 is 0 Å². The maximum Gasteiger partial charge on any atom is 0.151 e. The number of hydrogen-bond acceptors (Lipinski definition) is 3. The Kier molecular flexibility index (Phi) is 4.46. The van der Waals surface area contributed by atoms with Gasteiger partial charge in [0, 0.05) is 19.0 Å². The number of ketones is 1. The van der Waals surface area contributed by atoms with Crippen LogP contribution in [0.4, 0.5) is 4.39 Å². The van der Waals surface area contributed by atoms with E-state index in [-0.39, 0.29) is 11.6 Å². The molecule has 1 saturated carbocycles. The first kappa shape index (κ1) is 14.4. The molecule has 0 amide bonds. The van der Waals surface area contributed by atoms with E-state index in [0.717, 1.165) is 12.1 Å². The van der Waals surface area contributed by atoms with Crippen molar-refractivity contribution in [2.45, 2.75) is 31.8 Å². The van der Waals surface area contributed by atoms with E-state index in [1.54, 1.807) is 23.5 Å². The van der Waals surface area contributed by atoms with Crippen molar-refractivity contribution in [2.24, 2.45) is 0 Å². The summed E-state index contributed by atoms with van der Waals surface area (Å²) in [7, 11) is 0. The molecule has 3 rings (SSSR count). The third kappa shape index (κ3) is 4.22. The summed E-state index contributed by atoms with van der Waals surface area (Å²) < 4.78 is 12.9. The zero-order chi connectivity index (χ0) is 14.7. The molecule has 2 aromatic rings. The molecule has 0 spiro atoms. The zero-order valence-electron chi connectivity index (χ0n) is 11.8. The van der Waals surface area contributed by atoms with Gasteiger partial charge in [0.25, 0.3) is 0 Å². The summed E-state index contributed by atoms with van der Waals surface area (Å²) in [6.45, 7) is 1.33. The molecule has 1 aliphatic rings. The minimum atomic E-state index is -0.261. The largest absolute Gasteiger partial charge is 0.298 e. The first-order valence-corrected chi connectivity index (χ1v) is 8.16. The third-order valence-electron chi connectivity index (χ3n) is 3.72. The van der Waals surface area contributed by atoms with E-state index in [2.05, 4.69) is 21.7 Å². The highest BCUT2D eigenvalue weighted by Crippen LogP contribution is 2.28. The van der Waals surface area contributed by atoms with Crippen LogP contribution in [0.5, 0.6) is 0 Å². The molecular formula is C17H18FNOS. The summed E-state index contributed by atoms with van der Waals surface area (Å²) in [5.74, 6) is -0.0630. The second-order valence-electron chi connectivity index (χ2n) is 5.61. The van der Waals surface area contributed by atoms with Crippen LogP contribution in [0.1, 0.15) is 24.0 Å². The van der Waals surface area contributed by atoms with E-state index in [9.17, 15) is 9.18 Å². The molecule has 21 heavy (non-hydrogen) atoms. The highest BCUT2D eigenvalue weighted by Gasteiger charge is 2.30. The maximum atomic E-state index is 12.9. The Morgan fingerprint density at radius 1 is 1.19 bits per heavy atom. The summed E-state index contributed by atoms with van der Waals surface area (Å²) in [5.41, 5.74) is 2.16. The average Bonchev–Trinajstić information content (AvgIpc) is 3.19. The summed E-state index contributed by atoms with van der Waals surface area (Å²) in [6.07, 6.45) is 2.76. The van der Waals surface area contributed by atoms with Gasteiger partial charge in [-0.05, 0) is 52.9 Å². The number of carbonyl (C=O) groups is 1. The van der Waals surface area contributed by atoms with Crippen LogP contribution in [-0.2, 0) is 17.8 Å². The fourth-order valence-electron chi connectivity index (χ4n) is 2.48. The van der Waals surface area contributed by atoms with Gasteiger partial charge in [0.1, 0.15) is 5.82 Å². The van der Waals surface area contributed by atoms with Gasteiger partial charge in [-0.1, -0.05) is 12.1 Å². The minimum absolute atomic E-state index is 0.198. The van der Waals surface area contributed by atoms with Gasteiger partial charge in [0.15, 0.2) is 5.78 Å². The topological polar surface area (TPSA) is 20.3 Å². The Bertz CT molecular complexity index is 590. The molecule has 0 unspecified atom stereocenters. The zero-order valence-corrected chi connectivity index (χ0v) is 12.6. The summed E-state index contributed by atoms with van der Waals surface area (Å²) >= 11 is 1.69. The molecule has 1 fully saturated rings. The van der Waals surface area contributed by atoms with Crippen LogP contribution in [0.25, 0.3) is 0 Å². The normalized spacial score (nSPS) is 14.6. The smallest absolute Gasteiger partial charge is 0.151 e. The van der Waals surface area contributed by atoms with Crippen LogP contribution in [0, 0.1) is 5.82 Å². The maximum absolute atomic E-state index is 12.9. The van der Waals surface area contributed by atoms with Crippen molar-refractivity contribution in [3.63, 3.8) is 0 Å². The molecular weight excluding hydrogens is 285 g/mol. The van der Waals surface area contributed by atoms with E-state index in [4.69, 9.17) is 0 Å². The molecule has 0 atom stereocenters. The minimum Gasteiger partial charge on any atom is -0.298 e. The van der Waals surface area contributed by atoms with E-state index < -0.39 is 0 Å². The summed E-state index contributed by atoms with van der Waals surface area (Å²) in [5, 5.41) is 4.21. The molecule has 1 aromatic heterocycles. The van der Waals surface area contributed by atoms with Crippen LogP contribution in [0.15, 0.2) is 41.1 Å². The molecule has 2 nitrogen and oxygen atoms in total. The van der Waals surface area contributed by atoms with Gasteiger partial charge in [-0.2, -0.15) is 11.3 Å². The lowest BCUT2D eigenvalue weighted by molar-refractivity contribution is -0.119. The van der Waals surface area contributed by atoms with E-state index >= 15 is 0 Å². The monoisotopic (exact) mass is 303 g/mol. The van der Waals surface area contributed by atoms with Crippen LogP contribution in [-0.4, -0.2) is 23.3 Å². The first-order valence-electron chi connectivity index (χ1n) is 7.22. The quantitative estimate of drug-likeness (QED) is 0.778. The summed E-state index contributed by atoms with van der Waals surface area (Å²) in [4.78, 5) is 14.5. The second-order valence-corrected chi connectivity index (χ2v) is 6.39. The second kappa shape index (κ2) is 6.50. The third-order valence-corrected chi connectivity index (χ3v) is 4.46. The van der Waals surface area contributed by atoms with Gasteiger partial charge in [-0.3, -0.25) is 9.69 Å². The molecule has 1 aromatic carbocycles. The van der Waals surface area contributed by atoms with E-state index in [1.807, 2.05) is 0 Å². The van der Waals surface area contributed by atoms with Gasteiger partial charge in [-0.25, -0.2) is 4.39 Å². The lowest BCUT2D eigenvalue weighted by Gasteiger charge is -2.20. The molecule has 4 heteroatoms. The van der Waals surface area contributed by atoms with Crippen molar-refractivity contribution in [3.8, 4) is 0 Å². The number of halogens is 1. The average molecular weight is 303 g/mol. The Balaban J connectivity index is 1.57. The molecule has 0 aliphatic heterocycles. The van der Waals surface area contributed by atoms with Crippen molar-refractivity contribution in [3.05, 3.63) is 58.0 Å². The fraction of sp³-hybridized carbons (Fsp3) is 0.353.